The molecular formula is C34H34N2O6S. The molecule has 0 N–H and O–H groups in total. The maximum absolute atomic E-state index is 11.0. The molecule has 0 spiro atoms. The zero-order valence-corrected chi connectivity index (χ0v) is 24.8. The van der Waals surface area contributed by atoms with Crippen LogP contribution >= 0.6 is 11.3 Å². The van der Waals surface area contributed by atoms with Crippen molar-refractivity contribution in [3.63, 3.8) is 0 Å². The largest absolute Gasteiger partial charge is 0.494 e. The van der Waals surface area contributed by atoms with Crippen LogP contribution in [0, 0.1) is 23.7 Å². The number of nitrogens with zero attached hydrogens (tertiary/aromatic N) is 2. The summed E-state index contributed by atoms with van der Waals surface area (Å²) < 4.78 is 21.4. The zero-order valence-electron chi connectivity index (χ0n) is 24.0. The lowest BCUT2D eigenvalue weighted by Gasteiger charge is -2.06. The summed E-state index contributed by atoms with van der Waals surface area (Å²) in [7, 11) is 0. The van der Waals surface area contributed by atoms with Gasteiger partial charge in [-0.15, -0.1) is 10.2 Å². The van der Waals surface area contributed by atoms with Crippen LogP contribution in [-0.4, -0.2) is 48.6 Å². The zero-order chi connectivity index (χ0) is 30.5. The lowest BCUT2D eigenvalue weighted by Crippen LogP contribution is -2.03. The van der Waals surface area contributed by atoms with Gasteiger partial charge in [0.25, 0.3) is 0 Å². The van der Waals surface area contributed by atoms with Crippen LogP contribution < -0.4 is 9.47 Å². The SMILES string of the molecule is C=CC(=O)OCCCCCOc1ccc(C#Cc2nnc(C#Cc3ccc(OCCCCCOC(=O)C=C)cc3)s2)cc1. The number of hydrogen-bond acceptors (Lipinski definition) is 9. The summed E-state index contributed by atoms with van der Waals surface area (Å²) in [5, 5.41) is 9.42. The fourth-order valence-corrected chi connectivity index (χ4v) is 4.00. The number of carbonyl (C=O) groups excluding carboxylic acids is 2. The van der Waals surface area contributed by atoms with Crippen molar-refractivity contribution in [2.45, 2.75) is 38.5 Å². The molecule has 3 aromatic rings. The van der Waals surface area contributed by atoms with Crippen LogP contribution in [0.5, 0.6) is 11.5 Å². The van der Waals surface area contributed by atoms with Crippen molar-refractivity contribution in [2.24, 2.45) is 0 Å². The summed E-state index contributed by atoms with van der Waals surface area (Å²) in [5.74, 6) is 13.0. The molecule has 0 unspecified atom stereocenters. The first kappa shape index (κ1) is 32.7. The van der Waals surface area contributed by atoms with Gasteiger partial charge >= 0.3 is 11.9 Å². The molecule has 0 saturated heterocycles. The highest BCUT2D eigenvalue weighted by atomic mass is 32.1. The summed E-state index contributed by atoms with van der Waals surface area (Å²) in [6, 6.07) is 15.1. The normalized spacial score (nSPS) is 9.86. The van der Waals surface area contributed by atoms with Gasteiger partial charge in [-0.25, -0.2) is 9.59 Å². The molecule has 0 amide bonds. The summed E-state index contributed by atoms with van der Waals surface area (Å²) >= 11 is 1.34. The fourth-order valence-electron chi connectivity index (χ4n) is 3.45. The van der Waals surface area contributed by atoms with Gasteiger partial charge in [-0.05, 0) is 98.9 Å². The number of benzene rings is 2. The van der Waals surface area contributed by atoms with Crippen LogP contribution in [0.25, 0.3) is 0 Å². The Labute approximate surface area is 256 Å². The van der Waals surface area contributed by atoms with Crippen LogP contribution in [0.15, 0.2) is 73.8 Å². The smallest absolute Gasteiger partial charge is 0.330 e. The van der Waals surface area contributed by atoms with E-state index in [0.29, 0.717) is 36.4 Å². The highest BCUT2D eigenvalue weighted by molar-refractivity contribution is 7.12. The molecule has 0 fully saturated rings. The number of esters is 2. The van der Waals surface area contributed by atoms with E-state index >= 15 is 0 Å². The van der Waals surface area contributed by atoms with Crippen LogP contribution in [-0.2, 0) is 19.1 Å². The van der Waals surface area contributed by atoms with Crippen molar-refractivity contribution in [1.82, 2.24) is 10.2 Å². The van der Waals surface area contributed by atoms with E-state index < -0.39 is 11.9 Å². The molecule has 0 saturated carbocycles. The number of carbonyl (C=O) groups is 2. The Balaban J connectivity index is 1.35. The summed E-state index contributed by atoms with van der Waals surface area (Å²) in [6.45, 7) is 8.70. The average molecular weight is 599 g/mol. The van der Waals surface area contributed by atoms with Crippen molar-refractivity contribution in [3.8, 4) is 35.2 Å². The second kappa shape index (κ2) is 19.3. The van der Waals surface area contributed by atoms with Crippen molar-refractivity contribution < 1.29 is 28.5 Å². The van der Waals surface area contributed by atoms with Crippen LogP contribution in [0.1, 0.15) is 59.7 Å². The van der Waals surface area contributed by atoms with Gasteiger partial charge in [0.1, 0.15) is 11.5 Å². The Bertz CT molecular complexity index is 1350. The Morgan fingerprint density at radius 1 is 0.605 bits per heavy atom. The molecule has 1 heterocycles. The van der Waals surface area contributed by atoms with Crippen LogP contribution in [0.2, 0.25) is 0 Å². The van der Waals surface area contributed by atoms with Gasteiger partial charge in [0, 0.05) is 23.3 Å². The monoisotopic (exact) mass is 598 g/mol. The summed E-state index contributed by atoms with van der Waals surface area (Å²) in [4.78, 5) is 22.0. The van der Waals surface area contributed by atoms with E-state index in [1.54, 1.807) is 0 Å². The number of aromatic nitrogens is 2. The van der Waals surface area contributed by atoms with Crippen LogP contribution in [0.4, 0.5) is 0 Å². The predicted molar refractivity (Wildman–Crippen MR) is 166 cm³/mol. The molecule has 0 atom stereocenters. The van der Waals surface area contributed by atoms with E-state index in [1.165, 1.54) is 23.5 Å². The van der Waals surface area contributed by atoms with Crippen molar-refractivity contribution in [2.75, 3.05) is 26.4 Å². The first-order valence-electron chi connectivity index (χ1n) is 14.0. The molecule has 222 valence electrons. The molecule has 0 radical (unpaired) electrons. The lowest BCUT2D eigenvalue weighted by molar-refractivity contribution is -0.138. The maximum atomic E-state index is 11.0. The van der Waals surface area contributed by atoms with E-state index in [4.69, 9.17) is 18.9 Å². The quantitative estimate of drug-likeness (QED) is 0.0871. The topological polar surface area (TPSA) is 96.8 Å². The van der Waals surface area contributed by atoms with Crippen molar-refractivity contribution >= 4 is 23.3 Å². The van der Waals surface area contributed by atoms with Gasteiger partial charge in [-0.1, -0.05) is 36.3 Å². The first-order valence-corrected chi connectivity index (χ1v) is 14.8. The summed E-state index contributed by atoms with van der Waals surface area (Å²) in [6.07, 6.45) is 7.47. The van der Waals surface area contributed by atoms with Gasteiger partial charge in [-0.3, -0.25) is 0 Å². The molecule has 0 aliphatic carbocycles. The second-order valence-corrected chi connectivity index (χ2v) is 10.0. The van der Waals surface area contributed by atoms with Gasteiger partial charge in [0.15, 0.2) is 10.0 Å². The molecular weight excluding hydrogens is 564 g/mol. The number of unbranched alkanes of at least 4 members (excludes halogenated alkanes) is 4. The first-order chi connectivity index (χ1) is 21.1. The molecule has 1 aromatic heterocycles. The Morgan fingerprint density at radius 3 is 1.40 bits per heavy atom. The molecule has 8 nitrogen and oxygen atoms in total. The number of hydrogen-bond donors (Lipinski definition) is 0. The third-order valence-electron chi connectivity index (χ3n) is 5.70. The molecule has 43 heavy (non-hydrogen) atoms. The highest BCUT2D eigenvalue weighted by Crippen LogP contribution is 2.15. The maximum Gasteiger partial charge on any atom is 0.330 e. The molecule has 2 aromatic carbocycles. The van der Waals surface area contributed by atoms with Crippen molar-refractivity contribution in [3.05, 3.63) is 95.0 Å². The van der Waals surface area contributed by atoms with Gasteiger partial charge in [0.2, 0.25) is 0 Å². The van der Waals surface area contributed by atoms with E-state index in [-0.39, 0.29) is 0 Å². The Hall–Kier alpha value is -4.86. The third kappa shape index (κ3) is 13.6. The molecule has 0 aliphatic rings. The van der Waals surface area contributed by atoms with Gasteiger partial charge < -0.3 is 18.9 Å². The molecule has 3 rings (SSSR count). The molecule has 0 bridgehead atoms. The van der Waals surface area contributed by atoms with Crippen molar-refractivity contribution in [1.29, 1.82) is 0 Å². The van der Waals surface area contributed by atoms with Crippen LogP contribution in [0.3, 0.4) is 0 Å². The summed E-state index contributed by atoms with van der Waals surface area (Å²) in [5.41, 5.74) is 1.69. The van der Waals surface area contributed by atoms with Gasteiger partial charge in [0.05, 0.1) is 26.4 Å². The number of ether oxygens (including phenoxy) is 4. The van der Waals surface area contributed by atoms with E-state index in [1.807, 2.05) is 48.5 Å². The average Bonchev–Trinajstić information content (AvgIpc) is 3.50. The fraction of sp³-hybridized carbons (Fsp3) is 0.294. The standard InChI is InChI=1S/C34H34N2O6S/c1-3-33(37)41-25-9-5-7-23-39-29-17-11-27(12-18-29)15-21-31-35-36-32(43-31)22-16-28-13-19-30(20-14-28)40-24-8-6-10-26-42-34(38)4-2/h3-4,11-14,17-20H,1-2,5-10,23-26H2. The Morgan fingerprint density at radius 2 is 1.00 bits per heavy atom. The highest BCUT2D eigenvalue weighted by Gasteiger charge is 2.01. The number of rotatable bonds is 16. The minimum atomic E-state index is -0.392. The minimum absolute atomic E-state index is 0.392. The minimum Gasteiger partial charge on any atom is -0.494 e. The van der Waals surface area contributed by atoms with E-state index in [9.17, 15) is 9.59 Å². The lowest BCUT2D eigenvalue weighted by atomic mass is 10.2. The molecule has 0 aliphatic heterocycles. The predicted octanol–water partition coefficient (Wildman–Crippen LogP) is 5.89. The van der Waals surface area contributed by atoms with E-state index in [0.717, 1.165) is 61.2 Å². The molecule has 9 heteroatoms. The second-order valence-electron chi connectivity index (χ2n) is 9.02. The Kier molecular flexibility index (Phi) is 14.7. The third-order valence-corrected chi connectivity index (χ3v) is 6.45. The van der Waals surface area contributed by atoms with E-state index in [2.05, 4.69) is 47.0 Å². The van der Waals surface area contributed by atoms with Gasteiger partial charge in [-0.2, -0.15) is 0 Å².